The number of aromatic nitrogens is 2. The van der Waals surface area contributed by atoms with Gasteiger partial charge >= 0.3 is 0 Å². The van der Waals surface area contributed by atoms with E-state index in [1.807, 2.05) is 0 Å². The number of H-pyrrole nitrogens is 1. The predicted octanol–water partition coefficient (Wildman–Crippen LogP) is 3.33. The third-order valence-corrected chi connectivity index (χ3v) is 4.04. The summed E-state index contributed by atoms with van der Waals surface area (Å²) in [6.07, 6.45) is 5.42. The van der Waals surface area contributed by atoms with Gasteiger partial charge in [0.25, 0.3) is 5.56 Å². The molecule has 21 heavy (non-hydrogen) atoms. The Morgan fingerprint density at radius 3 is 2.43 bits per heavy atom. The summed E-state index contributed by atoms with van der Waals surface area (Å²) in [5.74, 6) is 0.0927. The van der Waals surface area contributed by atoms with Crippen LogP contribution in [0.25, 0.3) is 11.1 Å². The van der Waals surface area contributed by atoms with Crippen LogP contribution in [0.1, 0.15) is 43.8 Å². The molecular weight excluding hydrogens is 271 g/mol. The Kier molecular flexibility index (Phi) is 3.73. The van der Waals surface area contributed by atoms with Gasteiger partial charge in [-0.15, -0.1) is 0 Å². The second-order valence-corrected chi connectivity index (χ2v) is 5.49. The average Bonchev–Trinajstić information content (AvgIpc) is 2.49. The zero-order valence-electron chi connectivity index (χ0n) is 11.6. The quantitative estimate of drug-likeness (QED) is 0.890. The van der Waals surface area contributed by atoms with Gasteiger partial charge in [-0.25, -0.2) is 4.39 Å². The number of hydrogen-bond donors (Lipinski definition) is 2. The lowest BCUT2D eigenvalue weighted by Crippen LogP contribution is -2.18. The van der Waals surface area contributed by atoms with Gasteiger partial charge in [0.05, 0.1) is 0 Å². The van der Waals surface area contributed by atoms with E-state index in [1.54, 1.807) is 0 Å². The van der Waals surface area contributed by atoms with Crippen molar-refractivity contribution in [3.8, 4) is 17.0 Å². The summed E-state index contributed by atoms with van der Waals surface area (Å²) >= 11 is 0. The van der Waals surface area contributed by atoms with Gasteiger partial charge < -0.3 is 10.1 Å². The number of halogens is 1. The Hall–Kier alpha value is -2.17. The van der Waals surface area contributed by atoms with Crippen LogP contribution in [-0.4, -0.2) is 15.1 Å². The normalized spacial score (nSPS) is 16.0. The second-order valence-electron chi connectivity index (χ2n) is 5.49. The van der Waals surface area contributed by atoms with Gasteiger partial charge in [0, 0.05) is 5.92 Å². The third-order valence-electron chi connectivity index (χ3n) is 4.04. The summed E-state index contributed by atoms with van der Waals surface area (Å²) in [6, 6.07) is 5.43. The monoisotopic (exact) mass is 288 g/mol. The van der Waals surface area contributed by atoms with Crippen molar-refractivity contribution in [2.45, 2.75) is 38.0 Å². The maximum atomic E-state index is 12.9. The minimum Gasteiger partial charge on any atom is -0.493 e. The number of rotatable bonds is 2. The molecule has 1 heterocycles. The van der Waals surface area contributed by atoms with Crippen LogP contribution in [0, 0.1) is 5.82 Å². The van der Waals surface area contributed by atoms with E-state index in [0.717, 1.165) is 25.7 Å². The largest absolute Gasteiger partial charge is 0.493 e. The van der Waals surface area contributed by atoms with Crippen molar-refractivity contribution in [3.63, 3.8) is 0 Å². The van der Waals surface area contributed by atoms with Crippen molar-refractivity contribution in [2.24, 2.45) is 0 Å². The molecule has 0 unspecified atom stereocenters. The minimum absolute atomic E-state index is 0.0922. The summed E-state index contributed by atoms with van der Waals surface area (Å²) in [5, 5.41) is 10.1. The number of aromatic hydroxyl groups is 1. The van der Waals surface area contributed by atoms with Crippen LogP contribution in [-0.2, 0) is 0 Å². The van der Waals surface area contributed by atoms with Gasteiger partial charge in [0.2, 0.25) is 5.88 Å². The fourth-order valence-electron chi connectivity index (χ4n) is 2.92. The Morgan fingerprint density at radius 2 is 1.81 bits per heavy atom. The van der Waals surface area contributed by atoms with Gasteiger partial charge in [-0.1, -0.05) is 31.4 Å². The SMILES string of the molecule is O=c1[nH]c(C2CCCCC2)nc(O)c1-c1ccc(F)cc1. The smallest absolute Gasteiger partial charge is 0.262 e. The van der Waals surface area contributed by atoms with Gasteiger partial charge in [-0.2, -0.15) is 4.98 Å². The third kappa shape index (κ3) is 2.82. The zero-order chi connectivity index (χ0) is 14.8. The first-order chi connectivity index (χ1) is 10.1. The van der Waals surface area contributed by atoms with E-state index >= 15 is 0 Å². The molecule has 0 amide bonds. The summed E-state index contributed by atoms with van der Waals surface area (Å²) in [7, 11) is 0. The molecule has 2 N–H and O–H groups in total. The van der Waals surface area contributed by atoms with E-state index < -0.39 is 0 Å². The lowest BCUT2D eigenvalue weighted by atomic mass is 9.88. The molecule has 1 aliphatic rings. The highest BCUT2D eigenvalue weighted by Gasteiger charge is 2.21. The van der Waals surface area contributed by atoms with Crippen molar-refractivity contribution in [1.82, 2.24) is 9.97 Å². The number of hydrogen-bond acceptors (Lipinski definition) is 3. The molecule has 1 aliphatic carbocycles. The second kappa shape index (κ2) is 5.68. The lowest BCUT2D eigenvalue weighted by molar-refractivity contribution is 0.410. The van der Waals surface area contributed by atoms with Crippen LogP contribution in [0.2, 0.25) is 0 Å². The predicted molar refractivity (Wildman–Crippen MR) is 77.7 cm³/mol. The van der Waals surface area contributed by atoms with Gasteiger partial charge in [-0.05, 0) is 30.5 Å². The van der Waals surface area contributed by atoms with Crippen molar-refractivity contribution in [2.75, 3.05) is 0 Å². The van der Waals surface area contributed by atoms with Gasteiger partial charge in [0.1, 0.15) is 17.2 Å². The van der Waals surface area contributed by atoms with Gasteiger partial charge in [0.15, 0.2) is 0 Å². The van der Waals surface area contributed by atoms with Crippen LogP contribution in [0.5, 0.6) is 5.88 Å². The highest BCUT2D eigenvalue weighted by Crippen LogP contribution is 2.32. The van der Waals surface area contributed by atoms with E-state index in [9.17, 15) is 14.3 Å². The van der Waals surface area contributed by atoms with E-state index in [2.05, 4.69) is 9.97 Å². The molecule has 0 radical (unpaired) electrons. The Morgan fingerprint density at radius 1 is 1.14 bits per heavy atom. The first-order valence-corrected chi connectivity index (χ1v) is 7.24. The molecule has 1 fully saturated rings. The molecule has 2 aromatic rings. The van der Waals surface area contributed by atoms with Crippen LogP contribution in [0.3, 0.4) is 0 Å². The molecule has 1 aromatic carbocycles. The van der Waals surface area contributed by atoms with Crippen LogP contribution in [0.4, 0.5) is 4.39 Å². The molecular formula is C16H17FN2O2. The molecule has 1 aromatic heterocycles. The molecule has 0 spiro atoms. The lowest BCUT2D eigenvalue weighted by Gasteiger charge is -2.20. The van der Waals surface area contributed by atoms with Gasteiger partial charge in [-0.3, -0.25) is 4.79 Å². The molecule has 1 saturated carbocycles. The molecule has 0 bridgehead atoms. The molecule has 4 nitrogen and oxygen atoms in total. The average molecular weight is 288 g/mol. The van der Waals surface area contributed by atoms with Crippen molar-refractivity contribution < 1.29 is 9.50 Å². The molecule has 110 valence electrons. The highest BCUT2D eigenvalue weighted by atomic mass is 19.1. The number of nitrogens with zero attached hydrogens (tertiary/aromatic N) is 1. The topological polar surface area (TPSA) is 66.0 Å². The molecule has 0 atom stereocenters. The van der Waals surface area contributed by atoms with Crippen LogP contribution < -0.4 is 5.56 Å². The summed E-state index contributed by atoms with van der Waals surface area (Å²) in [6.45, 7) is 0. The first-order valence-electron chi connectivity index (χ1n) is 7.24. The van der Waals surface area contributed by atoms with Crippen molar-refractivity contribution in [3.05, 3.63) is 46.3 Å². The fraction of sp³-hybridized carbons (Fsp3) is 0.375. The Bertz CT molecular complexity index is 688. The van der Waals surface area contributed by atoms with E-state index in [4.69, 9.17) is 0 Å². The van der Waals surface area contributed by atoms with E-state index in [0.29, 0.717) is 11.4 Å². The molecule has 5 heteroatoms. The number of nitrogens with one attached hydrogen (secondary N) is 1. The van der Waals surface area contributed by atoms with E-state index in [-0.39, 0.29) is 28.7 Å². The van der Waals surface area contributed by atoms with Crippen molar-refractivity contribution in [1.29, 1.82) is 0 Å². The fourth-order valence-corrected chi connectivity index (χ4v) is 2.92. The zero-order valence-corrected chi connectivity index (χ0v) is 11.6. The van der Waals surface area contributed by atoms with Crippen molar-refractivity contribution >= 4 is 0 Å². The molecule has 0 saturated heterocycles. The first kappa shape index (κ1) is 13.8. The summed E-state index contributed by atoms with van der Waals surface area (Å²) in [4.78, 5) is 19.2. The Labute approximate surface area is 121 Å². The number of benzene rings is 1. The van der Waals surface area contributed by atoms with Crippen LogP contribution >= 0.6 is 0 Å². The Balaban J connectivity index is 2.00. The maximum Gasteiger partial charge on any atom is 0.262 e. The molecule has 0 aliphatic heterocycles. The summed E-state index contributed by atoms with van der Waals surface area (Å²) < 4.78 is 12.9. The highest BCUT2D eigenvalue weighted by molar-refractivity contribution is 5.67. The summed E-state index contributed by atoms with van der Waals surface area (Å²) in [5.41, 5.74) is 0.169. The maximum absolute atomic E-state index is 12.9. The minimum atomic E-state index is -0.388. The van der Waals surface area contributed by atoms with Crippen LogP contribution in [0.15, 0.2) is 29.1 Å². The van der Waals surface area contributed by atoms with E-state index in [1.165, 1.54) is 30.7 Å². The number of aromatic amines is 1. The standard InChI is InChI=1S/C16H17FN2O2/c17-12-8-6-10(7-9-12)13-15(20)18-14(19-16(13)21)11-4-2-1-3-5-11/h6-9,11H,1-5H2,(H2,18,19,20,21). The molecule has 3 rings (SSSR count).